The number of aromatic nitrogens is 1. The molecule has 3 aliphatic rings. The Balaban J connectivity index is 1.55. The van der Waals surface area contributed by atoms with Crippen LogP contribution in [0.2, 0.25) is 0 Å². The molecule has 114 valence electrons. The molecule has 0 unspecified atom stereocenters. The third kappa shape index (κ3) is 2.48. The minimum atomic E-state index is -0.0397. The van der Waals surface area contributed by atoms with Gasteiger partial charge in [0.2, 0.25) is 0 Å². The predicted octanol–water partition coefficient (Wildman–Crippen LogP) is 2.37. The van der Waals surface area contributed by atoms with E-state index in [4.69, 9.17) is 0 Å². The summed E-state index contributed by atoms with van der Waals surface area (Å²) in [7, 11) is 0. The van der Waals surface area contributed by atoms with Crippen LogP contribution < -0.4 is 5.32 Å². The highest BCUT2D eigenvalue weighted by atomic mass is 16.1. The number of rotatable bonds is 2. The molecular formula is C18H21N3O. The van der Waals surface area contributed by atoms with Crippen molar-refractivity contribution in [2.45, 2.75) is 25.8 Å². The van der Waals surface area contributed by atoms with Crippen molar-refractivity contribution in [2.75, 3.05) is 19.6 Å². The highest BCUT2D eigenvalue weighted by Gasteiger charge is 2.35. The largest absolute Gasteiger partial charge is 0.346 e. The lowest BCUT2D eigenvalue weighted by molar-refractivity contribution is 0.0618. The number of fused-ring (bicyclic) bond motifs is 4. The van der Waals surface area contributed by atoms with E-state index in [0.29, 0.717) is 11.6 Å². The monoisotopic (exact) mass is 295 g/mol. The van der Waals surface area contributed by atoms with E-state index in [9.17, 15) is 4.79 Å². The molecule has 4 nitrogen and oxygen atoms in total. The van der Waals surface area contributed by atoms with Gasteiger partial charge < -0.3 is 10.2 Å². The van der Waals surface area contributed by atoms with E-state index in [2.05, 4.69) is 34.3 Å². The van der Waals surface area contributed by atoms with Crippen molar-refractivity contribution in [3.05, 3.63) is 41.7 Å². The number of hydrogen-bond donors (Lipinski definition) is 1. The summed E-state index contributed by atoms with van der Waals surface area (Å²) in [5.74, 6) is 0.596. The number of carbonyl (C=O) groups excluding carboxylic acids is 1. The van der Waals surface area contributed by atoms with Gasteiger partial charge in [-0.1, -0.05) is 23.8 Å². The lowest BCUT2D eigenvalue weighted by Gasteiger charge is -2.44. The topological polar surface area (TPSA) is 45.2 Å². The Morgan fingerprint density at radius 3 is 2.77 bits per heavy atom. The fourth-order valence-corrected chi connectivity index (χ4v) is 3.76. The summed E-state index contributed by atoms with van der Waals surface area (Å²) in [6, 6.07) is 8.40. The molecule has 4 heteroatoms. The van der Waals surface area contributed by atoms with Gasteiger partial charge in [-0.05, 0) is 50.2 Å². The zero-order chi connectivity index (χ0) is 15.1. The summed E-state index contributed by atoms with van der Waals surface area (Å²) >= 11 is 0. The highest BCUT2D eigenvalue weighted by molar-refractivity contribution is 5.96. The summed E-state index contributed by atoms with van der Waals surface area (Å²) in [5, 5.41) is 5.35. The van der Waals surface area contributed by atoms with Crippen molar-refractivity contribution in [3.8, 4) is 0 Å². The van der Waals surface area contributed by atoms with E-state index in [0.717, 1.165) is 17.3 Å². The fourth-order valence-electron chi connectivity index (χ4n) is 3.76. The van der Waals surface area contributed by atoms with Gasteiger partial charge in [0, 0.05) is 24.2 Å². The molecule has 0 spiro atoms. The minimum absolute atomic E-state index is 0.0397. The van der Waals surface area contributed by atoms with Crippen LogP contribution in [0.1, 0.15) is 28.9 Å². The number of piperidine rings is 3. The molecular weight excluding hydrogens is 274 g/mol. The van der Waals surface area contributed by atoms with E-state index in [1.807, 2.05) is 12.1 Å². The summed E-state index contributed by atoms with van der Waals surface area (Å²) in [6.45, 7) is 5.42. The number of hydrogen-bond acceptors (Lipinski definition) is 3. The Morgan fingerprint density at radius 2 is 2.05 bits per heavy atom. The molecule has 1 atom stereocenters. The first-order valence-electron chi connectivity index (χ1n) is 8.09. The van der Waals surface area contributed by atoms with E-state index in [1.54, 1.807) is 6.20 Å². The molecule has 4 heterocycles. The van der Waals surface area contributed by atoms with Crippen LogP contribution in [0.3, 0.4) is 0 Å². The van der Waals surface area contributed by atoms with Crippen LogP contribution >= 0.6 is 0 Å². The zero-order valence-corrected chi connectivity index (χ0v) is 12.9. The van der Waals surface area contributed by atoms with Gasteiger partial charge >= 0.3 is 0 Å². The molecule has 0 aliphatic carbocycles. The van der Waals surface area contributed by atoms with Gasteiger partial charge in [-0.2, -0.15) is 0 Å². The molecule has 1 amide bonds. The zero-order valence-electron chi connectivity index (χ0n) is 12.9. The normalized spacial score (nSPS) is 27.0. The molecule has 2 aromatic rings. The van der Waals surface area contributed by atoms with Crippen LogP contribution in [0.25, 0.3) is 10.8 Å². The van der Waals surface area contributed by atoms with Gasteiger partial charge in [0.25, 0.3) is 5.91 Å². The standard InChI is InChI=1S/C18H21N3O/c1-12-2-3-14-10-19-16(9-15(14)8-12)18(22)20-17-11-21-6-4-13(17)5-7-21/h2-3,8-10,13,17H,4-7,11H2,1H3,(H,20,22)/t17-/m0/s1. The Kier molecular flexibility index (Phi) is 3.34. The van der Waals surface area contributed by atoms with E-state index < -0.39 is 0 Å². The highest BCUT2D eigenvalue weighted by Crippen LogP contribution is 2.27. The maximum Gasteiger partial charge on any atom is 0.270 e. The smallest absolute Gasteiger partial charge is 0.270 e. The van der Waals surface area contributed by atoms with E-state index in [1.165, 1.54) is 31.5 Å². The first kappa shape index (κ1) is 13.7. The number of aryl methyl sites for hydroxylation is 1. The third-order valence-electron chi connectivity index (χ3n) is 5.08. The van der Waals surface area contributed by atoms with Crippen LogP contribution in [0.5, 0.6) is 0 Å². The SMILES string of the molecule is Cc1ccc2cnc(C(=O)N[C@H]3CN4CCC3CC4)cc2c1. The van der Waals surface area contributed by atoms with E-state index >= 15 is 0 Å². The lowest BCUT2D eigenvalue weighted by atomic mass is 9.84. The van der Waals surface area contributed by atoms with Crippen LogP contribution in [-0.4, -0.2) is 41.5 Å². The number of nitrogens with zero attached hydrogens (tertiary/aromatic N) is 2. The van der Waals surface area contributed by atoms with Crippen molar-refractivity contribution in [2.24, 2.45) is 5.92 Å². The van der Waals surface area contributed by atoms with Crippen molar-refractivity contribution in [1.29, 1.82) is 0 Å². The Hall–Kier alpha value is -1.94. The van der Waals surface area contributed by atoms with Crippen LogP contribution in [0.4, 0.5) is 0 Å². The maximum absolute atomic E-state index is 12.5. The first-order valence-corrected chi connectivity index (χ1v) is 8.09. The Bertz CT molecular complexity index is 719. The van der Waals surface area contributed by atoms with Crippen molar-refractivity contribution >= 4 is 16.7 Å². The number of nitrogens with one attached hydrogen (secondary N) is 1. The molecule has 22 heavy (non-hydrogen) atoms. The summed E-state index contributed by atoms with van der Waals surface area (Å²) in [6.07, 6.45) is 4.20. The molecule has 2 bridgehead atoms. The minimum Gasteiger partial charge on any atom is -0.346 e. The van der Waals surface area contributed by atoms with Gasteiger partial charge in [0.15, 0.2) is 0 Å². The summed E-state index contributed by atoms with van der Waals surface area (Å²) < 4.78 is 0. The average Bonchev–Trinajstić information content (AvgIpc) is 2.55. The Labute approximate surface area is 130 Å². The van der Waals surface area contributed by atoms with Crippen molar-refractivity contribution < 1.29 is 4.79 Å². The van der Waals surface area contributed by atoms with Gasteiger partial charge in [-0.15, -0.1) is 0 Å². The number of benzene rings is 1. The van der Waals surface area contributed by atoms with Crippen molar-refractivity contribution in [1.82, 2.24) is 15.2 Å². The molecule has 0 saturated carbocycles. The van der Waals surface area contributed by atoms with Gasteiger partial charge in [0.05, 0.1) is 0 Å². The predicted molar refractivity (Wildman–Crippen MR) is 86.9 cm³/mol. The second-order valence-electron chi connectivity index (χ2n) is 6.64. The molecule has 3 saturated heterocycles. The molecule has 0 radical (unpaired) electrons. The number of carbonyl (C=O) groups is 1. The molecule has 1 aromatic heterocycles. The van der Waals surface area contributed by atoms with E-state index in [-0.39, 0.29) is 11.9 Å². The van der Waals surface area contributed by atoms with Gasteiger partial charge in [-0.25, -0.2) is 0 Å². The van der Waals surface area contributed by atoms with Gasteiger partial charge in [-0.3, -0.25) is 9.78 Å². The van der Waals surface area contributed by atoms with Crippen molar-refractivity contribution in [3.63, 3.8) is 0 Å². The average molecular weight is 295 g/mol. The second kappa shape index (κ2) is 5.36. The molecule has 3 aliphatic heterocycles. The lowest BCUT2D eigenvalue weighted by Crippen LogP contribution is -2.57. The maximum atomic E-state index is 12.5. The van der Waals surface area contributed by atoms with Crippen LogP contribution in [-0.2, 0) is 0 Å². The molecule has 1 aromatic carbocycles. The number of pyridine rings is 1. The second-order valence-corrected chi connectivity index (χ2v) is 6.64. The molecule has 3 fully saturated rings. The molecule has 5 rings (SSSR count). The summed E-state index contributed by atoms with van der Waals surface area (Å²) in [4.78, 5) is 19.3. The quantitative estimate of drug-likeness (QED) is 0.925. The Morgan fingerprint density at radius 1 is 1.23 bits per heavy atom. The van der Waals surface area contributed by atoms with Crippen LogP contribution in [0, 0.1) is 12.8 Å². The fraction of sp³-hybridized carbons (Fsp3) is 0.444. The summed E-state index contributed by atoms with van der Waals surface area (Å²) in [5.41, 5.74) is 1.72. The van der Waals surface area contributed by atoms with Gasteiger partial charge in [0.1, 0.15) is 5.69 Å². The first-order chi connectivity index (χ1) is 10.7. The third-order valence-corrected chi connectivity index (χ3v) is 5.08. The van der Waals surface area contributed by atoms with Crippen LogP contribution in [0.15, 0.2) is 30.5 Å². The number of amides is 1. The molecule has 1 N–H and O–H groups in total.